The molecule has 0 fully saturated rings. The molecule has 0 aromatic carbocycles. The van der Waals surface area contributed by atoms with Gasteiger partial charge < -0.3 is 4.74 Å². The van der Waals surface area contributed by atoms with Crippen molar-refractivity contribution in [2.24, 2.45) is 0 Å². The van der Waals surface area contributed by atoms with E-state index in [-0.39, 0.29) is 26.2 Å². The minimum atomic E-state index is -3.54. The molecule has 8 nitrogen and oxygen atoms in total. The predicted molar refractivity (Wildman–Crippen MR) is 61.6 cm³/mol. The number of hydrogen-bond donors (Lipinski definition) is 0. The molecule has 0 aliphatic rings. The van der Waals surface area contributed by atoms with Crippen LogP contribution in [0.4, 0.5) is 0 Å². The summed E-state index contributed by atoms with van der Waals surface area (Å²) in [6.45, 7) is -0.474. The maximum atomic E-state index is 10.6. The van der Waals surface area contributed by atoms with E-state index < -0.39 is 26.3 Å². The Balaban J connectivity index is 3.82. The largest absolute Gasteiger partial charge is 0.361 e. The SMILES string of the molecule is CS(=O)(=O)OCCO[C@@H](C#N)CCOS(C)(=O)=O. The molecule has 0 aliphatic heterocycles. The summed E-state index contributed by atoms with van der Waals surface area (Å²) in [5, 5.41) is 8.68. The van der Waals surface area contributed by atoms with Crippen LogP contribution in [0, 0.1) is 11.3 Å². The summed E-state index contributed by atoms with van der Waals surface area (Å²) in [4.78, 5) is 0. The summed E-state index contributed by atoms with van der Waals surface area (Å²) in [5.74, 6) is 0. The Morgan fingerprint density at radius 2 is 1.50 bits per heavy atom. The summed E-state index contributed by atoms with van der Waals surface area (Å²) in [6.07, 6.45) is 0.974. The van der Waals surface area contributed by atoms with Crippen molar-refractivity contribution in [2.45, 2.75) is 12.5 Å². The van der Waals surface area contributed by atoms with Gasteiger partial charge in [-0.05, 0) is 0 Å². The van der Waals surface area contributed by atoms with Gasteiger partial charge in [-0.3, -0.25) is 8.37 Å². The fourth-order valence-electron chi connectivity index (χ4n) is 0.867. The highest BCUT2D eigenvalue weighted by molar-refractivity contribution is 7.86. The Morgan fingerprint density at radius 3 is 1.94 bits per heavy atom. The van der Waals surface area contributed by atoms with Crippen molar-refractivity contribution in [3.05, 3.63) is 0 Å². The van der Waals surface area contributed by atoms with E-state index in [1.807, 2.05) is 0 Å². The molecule has 0 aromatic heterocycles. The van der Waals surface area contributed by atoms with Gasteiger partial charge in [-0.15, -0.1) is 0 Å². The lowest BCUT2D eigenvalue weighted by molar-refractivity contribution is 0.0544. The van der Waals surface area contributed by atoms with E-state index in [0.717, 1.165) is 12.5 Å². The minimum absolute atomic E-state index is 0.0580. The van der Waals surface area contributed by atoms with Crippen LogP contribution in [0.1, 0.15) is 6.42 Å². The molecule has 0 saturated carbocycles. The normalized spacial score (nSPS) is 14.1. The molecule has 0 rings (SSSR count). The van der Waals surface area contributed by atoms with E-state index >= 15 is 0 Å². The Morgan fingerprint density at radius 1 is 1.00 bits per heavy atom. The average Bonchev–Trinajstić information content (AvgIpc) is 2.18. The van der Waals surface area contributed by atoms with Gasteiger partial charge in [0, 0.05) is 6.42 Å². The molecule has 0 saturated heterocycles. The highest BCUT2D eigenvalue weighted by Crippen LogP contribution is 2.00. The van der Waals surface area contributed by atoms with Gasteiger partial charge in [0.1, 0.15) is 6.10 Å². The molecule has 0 radical (unpaired) electrons. The first-order valence-corrected chi connectivity index (χ1v) is 8.47. The molecular weight excluding hydrogens is 286 g/mol. The first-order chi connectivity index (χ1) is 8.14. The molecular formula is C8H15NO7S2. The highest BCUT2D eigenvalue weighted by atomic mass is 32.2. The monoisotopic (exact) mass is 301 g/mol. The van der Waals surface area contributed by atoms with Gasteiger partial charge in [0.15, 0.2) is 0 Å². The van der Waals surface area contributed by atoms with Crippen molar-refractivity contribution >= 4 is 20.2 Å². The van der Waals surface area contributed by atoms with Crippen molar-refractivity contribution in [1.29, 1.82) is 5.26 Å². The second-order valence-corrected chi connectivity index (χ2v) is 6.62. The molecule has 0 aromatic rings. The maximum Gasteiger partial charge on any atom is 0.264 e. The van der Waals surface area contributed by atoms with E-state index in [1.54, 1.807) is 6.07 Å². The van der Waals surface area contributed by atoms with Gasteiger partial charge in [-0.25, -0.2) is 0 Å². The number of nitrogens with zero attached hydrogens (tertiary/aromatic N) is 1. The van der Waals surface area contributed by atoms with Crippen LogP contribution in [0.5, 0.6) is 0 Å². The summed E-state index contributed by atoms with van der Waals surface area (Å²) in [7, 11) is -7.07. The third-order valence-electron chi connectivity index (χ3n) is 1.52. The van der Waals surface area contributed by atoms with E-state index in [1.165, 1.54) is 0 Å². The molecule has 0 aliphatic carbocycles. The molecule has 0 unspecified atom stereocenters. The van der Waals surface area contributed by atoms with Crippen molar-refractivity contribution in [2.75, 3.05) is 32.3 Å². The van der Waals surface area contributed by atoms with Gasteiger partial charge in [0.2, 0.25) is 0 Å². The molecule has 0 amide bonds. The van der Waals surface area contributed by atoms with Gasteiger partial charge >= 0.3 is 0 Å². The number of rotatable bonds is 9. The standard InChI is InChI=1S/C8H15NO7S2/c1-17(10,11)15-4-3-8(7-9)14-5-6-16-18(2,12)13/h8H,3-6H2,1-2H3/t8-/m1/s1. The summed E-state index contributed by atoms with van der Waals surface area (Å²) in [5.41, 5.74) is 0. The van der Waals surface area contributed by atoms with Crippen LogP contribution >= 0.6 is 0 Å². The van der Waals surface area contributed by atoms with E-state index in [9.17, 15) is 16.8 Å². The van der Waals surface area contributed by atoms with Crippen molar-refractivity contribution in [1.82, 2.24) is 0 Å². The van der Waals surface area contributed by atoms with Crippen molar-refractivity contribution < 1.29 is 29.9 Å². The maximum absolute atomic E-state index is 10.6. The zero-order chi connectivity index (χ0) is 14.2. The summed E-state index contributed by atoms with van der Waals surface area (Å²) in [6, 6.07) is 1.78. The first-order valence-electron chi connectivity index (χ1n) is 4.84. The number of nitriles is 1. The zero-order valence-corrected chi connectivity index (χ0v) is 11.7. The van der Waals surface area contributed by atoms with Gasteiger partial charge in [0.25, 0.3) is 20.2 Å². The van der Waals surface area contributed by atoms with Gasteiger partial charge in [0.05, 0.1) is 38.4 Å². The fraction of sp³-hybridized carbons (Fsp3) is 0.875. The molecule has 10 heteroatoms. The van der Waals surface area contributed by atoms with Crippen LogP contribution in [0.15, 0.2) is 0 Å². The summed E-state index contributed by atoms with van der Waals surface area (Å²) < 4.78 is 56.3. The number of hydrogen-bond acceptors (Lipinski definition) is 8. The molecule has 18 heavy (non-hydrogen) atoms. The third-order valence-corrected chi connectivity index (χ3v) is 2.71. The molecule has 0 bridgehead atoms. The van der Waals surface area contributed by atoms with Crippen LogP contribution in [0.3, 0.4) is 0 Å². The van der Waals surface area contributed by atoms with Crippen LogP contribution < -0.4 is 0 Å². The fourth-order valence-corrected chi connectivity index (χ4v) is 1.64. The second-order valence-electron chi connectivity index (χ2n) is 3.33. The molecule has 0 spiro atoms. The van der Waals surface area contributed by atoms with Crippen LogP contribution in [0.2, 0.25) is 0 Å². The second kappa shape index (κ2) is 7.65. The van der Waals surface area contributed by atoms with Gasteiger partial charge in [-0.2, -0.15) is 22.1 Å². The lowest BCUT2D eigenvalue weighted by Crippen LogP contribution is -2.18. The molecule has 0 heterocycles. The molecule has 1 atom stereocenters. The van der Waals surface area contributed by atoms with E-state index in [0.29, 0.717) is 0 Å². The molecule has 106 valence electrons. The highest BCUT2D eigenvalue weighted by Gasteiger charge is 2.10. The van der Waals surface area contributed by atoms with Crippen molar-refractivity contribution in [3.63, 3.8) is 0 Å². The number of ether oxygens (including phenoxy) is 1. The zero-order valence-electron chi connectivity index (χ0n) is 10.0. The first kappa shape index (κ1) is 17.3. The average molecular weight is 301 g/mol. The topological polar surface area (TPSA) is 120 Å². The smallest absolute Gasteiger partial charge is 0.264 e. The van der Waals surface area contributed by atoms with Crippen molar-refractivity contribution in [3.8, 4) is 6.07 Å². The Hall–Kier alpha value is -0.730. The summed E-state index contributed by atoms with van der Waals surface area (Å²) >= 11 is 0. The van der Waals surface area contributed by atoms with Crippen LogP contribution in [-0.4, -0.2) is 55.3 Å². The van der Waals surface area contributed by atoms with E-state index in [2.05, 4.69) is 8.37 Å². The molecule has 0 N–H and O–H groups in total. The van der Waals surface area contributed by atoms with Crippen LogP contribution in [0.25, 0.3) is 0 Å². The minimum Gasteiger partial charge on any atom is -0.361 e. The predicted octanol–water partition coefficient (Wildman–Crippen LogP) is -0.762. The van der Waals surface area contributed by atoms with Crippen LogP contribution in [-0.2, 0) is 33.3 Å². The van der Waals surface area contributed by atoms with E-state index in [4.69, 9.17) is 10.00 Å². The van der Waals surface area contributed by atoms with Gasteiger partial charge in [-0.1, -0.05) is 0 Å². The Kier molecular flexibility index (Phi) is 7.34. The lowest BCUT2D eigenvalue weighted by atomic mass is 10.3. The quantitative estimate of drug-likeness (QED) is 0.402. The third kappa shape index (κ3) is 11.7. The Bertz CT molecular complexity index is 476. The lowest BCUT2D eigenvalue weighted by Gasteiger charge is -2.10. The Labute approximate surface area is 107 Å².